The number of amides is 1. The molecule has 0 aliphatic heterocycles. The van der Waals surface area contributed by atoms with Crippen LogP contribution in [0.3, 0.4) is 0 Å². The number of nitrogens with two attached hydrogens (primary N) is 1. The normalized spacial score (nSPS) is 23.1. The number of benzene rings is 1. The lowest BCUT2D eigenvalue weighted by Gasteiger charge is -2.25. The first-order valence-corrected chi connectivity index (χ1v) is 6.95. The van der Waals surface area contributed by atoms with Gasteiger partial charge in [-0.25, -0.2) is 0 Å². The largest absolute Gasteiger partial charge is 0.396 e. The number of carbonyl (C=O) groups is 1. The highest BCUT2D eigenvalue weighted by atomic mass is 16.2. The van der Waals surface area contributed by atoms with E-state index in [9.17, 15) is 4.79 Å². The minimum absolute atomic E-state index is 0.0944. The molecule has 0 spiro atoms. The second-order valence-corrected chi connectivity index (χ2v) is 5.27. The quantitative estimate of drug-likeness (QED) is 0.772. The van der Waals surface area contributed by atoms with Gasteiger partial charge in [-0.3, -0.25) is 4.79 Å². The molecule has 1 aliphatic rings. The lowest BCUT2D eigenvalue weighted by atomic mass is 9.86. The van der Waals surface area contributed by atoms with Gasteiger partial charge in [0.1, 0.15) is 0 Å². The topological polar surface area (TPSA) is 75.4 Å². The van der Waals surface area contributed by atoms with Crippen molar-refractivity contribution in [3.63, 3.8) is 0 Å². The molecule has 1 aliphatic carbocycles. The second-order valence-electron chi connectivity index (χ2n) is 5.27. The van der Waals surface area contributed by atoms with Gasteiger partial charge in [0.05, 0.1) is 0 Å². The summed E-state index contributed by atoms with van der Waals surface area (Å²) >= 11 is 0. The molecule has 0 bridgehead atoms. The van der Waals surface area contributed by atoms with Crippen LogP contribution in [-0.4, -0.2) is 23.7 Å². The van der Waals surface area contributed by atoms with Crippen molar-refractivity contribution in [2.75, 3.05) is 11.9 Å². The Hall–Kier alpha value is -1.39. The fraction of sp³-hybridized carbons (Fsp3) is 0.533. The molecule has 0 heterocycles. The van der Waals surface area contributed by atoms with E-state index in [-0.39, 0.29) is 24.5 Å². The van der Waals surface area contributed by atoms with Crippen LogP contribution >= 0.6 is 0 Å². The minimum atomic E-state index is 0.0944. The van der Waals surface area contributed by atoms with Gasteiger partial charge in [0.15, 0.2) is 0 Å². The highest BCUT2D eigenvalue weighted by molar-refractivity contribution is 5.92. The highest BCUT2D eigenvalue weighted by Crippen LogP contribution is 2.24. The molecule has 4 N–H and O–H groups in total. The zero-order valence-corrected chi connectivity index (χ0v) is 11.1. The van der Waals surface area contributed by atoms with E-state index in [0.717, 1.165) is 36.9 Å². The lowest BCUT2D eigenvalue weighted by Crippen LogP contribution is -2.32. The maximum atomic E-state index is 12.1. The van der Waals surface area contributed by atoms with Crippen LogP contribution in [0.15, 0.2) is 24.3 Å². The first-order chi connectivity index (χ1) is 9.19. The Balaban J connectivity index is 1.88. The summed E-state index contributed by atoms with van der Waals surface area (Å²) in [7, 11) is 0. The van der Waals surface area contributed by atoms with E-state index in [2.05, 4.69) is 5.32 Å². The third-order valence-corrected chi connectivity index (χ3v) is 3.76. The average molecular weight is 262 g/mol. The number of nitrogens with one attached hydrogen (secondary N) is 1. The number of hydrogen-bond donors (Lipinski definition) is 3. The van der Waals surface area contributed by atoms with E-state index in [1.54, 1.807) is 0 Å². The van der Waals surface area contributed by atoms with E-state index < -0.39 is 0 Å². The smallest absolute Gasteiger partial charge is 0.227 e. The van der Waals surface area contributed by atoms with Crippen molar-refractivity contribution in [1.82, 2.24) is 0 Å². The van der Waals surface area contributed by atoms with Crippen molar-refractivity contribution in [1.29, 1.82) is 0 Å². The van der Waals surface area contributed by atoms with Crippen molar-refractivity contribution in [2.24, 2.45) is 11.7 Å². The van der Waals surface area contributed by atoms with Gasteiger partial charge in [-0.1, -0.05) is 12.1 Å². The summed E-state index contributed by atoms with van der Waals surface area (Å²) in [4.78, 5) is 12.1. The molecule has 4 heteroatoms. The summed E-state index contributed by atoms with van der Waals surface area (Å²) in [6, 6.07) is 7.90. The Labute approximate surface area is 114 Å². The van der Waals surface area contributed by atoms with Crippen LogP contribution in [0.2, 0.25) is 0 Å². The van der Waals surface area contributed by atoms with Crippen LogP contribution in [0.5, 0.6) is 0 Å². The molecule has 0 atom stereocenters. The van der Waals surface area contributed by atoms with E-state index in [1.165, 1.54) is 0 Å². The van der Waals surface area contributed by atoms with Gasteiger partial charge in [-0.15, -0.1) is 0 Å². The second kappa shape index (κ2) is 6.68. The van der Waals surface area contributed by atoms with Crippen molar-refractivity contribution in [3.05, 3.63) is 29.8 Å². The maximum absolute atomic E-state index is 12.1. The van der Waals surface area contributed by atoms with Crippen molar-refractivity contribution in [3.8, 4) is 0 Å². The predicted octanol–water partition coefficient (Wildman–Crippen LogP) is 1.68. The first-order valence-electron chi connectivity index (χ1n) is 6.95. The molecule has 1 aromatic carbocycles. The van der Waals surface area contributed by atoms with Crippen LogP contribution in [0.25, 0.3) is 0 Å². The third-order valence-electron chi connectivity index (χ3n) is 3.76. The molecule has 2 rings (SSSR count). The molecule has 0 aromatic heterocycles. The molecule has 1 saturated carbocycles. The predicted molar refractivity (Wildman–Crippen MR) is 75.8 cm³/mol. The summed E-state index contributed by atoms with van der Waals surface area (Å²) in [6.07, 6.45) is 4.29. The Morgan fingerprint density at radius 2 is 1.84 bits per heavy atom. The number of aliphatic hydroxyl groups is 1. The Kier molecular flexibility index (Phi) is 4.93. The molecule has 0 radical (unpaired) electrons. The summed E-state index contributed by atoms with van der Waals surface area (Å²) in [5.74, 6) is 0.193. The molecule has 1 amide bonds. The molecule has 19 heavy (non-hydrogen) atoms. The number of anilines is 1. The van der Waals surface area contributed by atoms with Gasteiger partial charge in [0, 0.05) is 24.3 Å². The highest BCUT2D eigenvalue weighted by Gasteiger charge is 2.24. The molecule has 1 aromatic rings. The molecular formula is C15H22N2O2. The monoisotopic (exact) mass is 262 g/mol. The fourth-order valence-corrected chi connectivity index (χ4v) is 2.51. The summed E-state index contributed by atoms with van der Waals surface area (Å²) in [6.45, 7) is 0.147. The zero-order chi connectivity index (χ0) is 13.7. The van der Waals surface area contributed by atoms with Crippen molar-refractivity contribution < 1.29 is 9.90 Å². The molecule has 4 nitrogen and oxygen atoms in total. The average Bonchev–Trinajstić information content (AvgIpc) is 2.42. The summed E-state index contributed by atoms with van der Waals surface area (Å²) < 4.78 is 0. The third kappa shape index (κ3) is 4.04. The number of hydrogen-bond acceptors (Lipinski definition) is 3. The Morgan fingerprint density at radius 3 is 2.42 bits per heavy atom. The summed E-state index contributed by atoms with van der Waals surface area (Å²) in [5.41, 5.74) is 7.74. The first kappa shape index (κ1) is 14.0. The van der Waals surface area contributed by atoms with Crippen LogP contribution in [0, 0.1) is 5.92 Å². The van der Waals surface area contributed by atoms with Gasteiger partial charge < -0.3 is 16.2 Å². The maximum Gasteiger partial charge on any atom is 0.227 e. The van der Waals surface area contributed by atoms with Crippen molar-refractivity contribution >= 4 is 11.6 Å². The molecule has 0 unspecified atom stereocenters. The van der Waals surface area contributed by atoms with E-state index in [0.29, 0.717) is 6.42 Å². The number of aliphatic hydroxyl groups excluding tert-OH is 1. The fourth-order valence-electron chi connectivity index (χ4n) is 2.51. The van der Waals surface area contributed by atoms with Gasteiger partial charge in [0.2, 0.25) is 5.91 Å². The number of carbonyl (C=O) groups excluding carboxylic acids is 1. The van der Waals surface area contributed by atoms with Crippen LogP contribution in [-0.2, 0) is 11.2 Å². The van der Waals surface area contributed by atoms with Crippen LogP contribution in [0.1, 0.15) is 31.2 Å². The summed E-state index contributed by atoms with van der Waals surface area (Å²) in [5, 5.41) is 11.8. The molecule has 1 fully saturated rings. The minimum Gasteiger partial charge on any atom is -0.396 e. The van der Waals surface area contributed by atoms with Crippen LogP contribution in [0.4, 0.5) is 5.69 Å². The van der Waals surface area contributed by atoms with E-state index >= 15 is 0 Å². The van der Waals surface area contributed by atoms with E-state index in [4.69, 9.17) is 10.8 Å². The molecular weight excluding hydrogens is 240 g/mol. The lowest BCUT2D eigenvalue weighted by molar-refractivity contribution is -0.120. The standard InChI is InChI=1S/C15H22N2O2/c16-13-5-3-12(4-6-13)15(19)17-14-7-1-11(2-8-14)9-10-18/h1-2,7-8,12-13,18H,3-6,9-10,16H2,(H,17,19). The van der Waals surface area contributed by atoms with Crippen LogP contribution < -0.4 is 11.1 Å². The van der Waals surface area contributed by atoms with E-state index in [1.807, 2.05) is 24.3 Å². The SMILES string of the molecule is NC1CCC(C(=O)Nc2ccc(CCO)cc2)CC1. The van der Waals surface area contributed by atoms with Gasteiger partial charge in [-0.05, 0) is 49.8 Å². The zero-order valence-electron chi connectivity index (χ0n) is 11.1. The Morgan fingerprint density at radius 1 is 1.21 bits per heavy atom. The Bertz CT molecular complexity index is 409. The number of rotatable bonds is 4. The van der Waals surface area contributed by atoms with Gasteiger partial charge >= 0.3 is 0 Å². The molecule has 104 valence electrons. The van der Waals surface area contributed by atoms with Gasteiger partial charge in [-0.2, -0.15) is 0 Å². The molecule has 0 saturated heterocycles. The van der Waals surface area contributed by atoms with Crippen molar-refractivity contribution in [2.45, 2.75) is 38.1 Å². The van der Waals surface area contributed by atoms with Gasteiger partial charge in [0.25, 0.3) is 0 Å².